The molecule has 8 heteroatoms. The van der Waals surface area contributed by atoms with E-state index >= 15 is 0 Å². The highest BCUT2D eigenvalue weighted by molar-refractivity contribution is 5.81. The fourth-order valence-corrected chi connectivity index (χ4v) is 3.74. The first-order chi connectivity index (χ1) is 15.0. The monoisotopic (exact) mass is 419 g/mol. The number of aromatic nitrogens is 3. The van der Waals surface area contributed by atoms with Crippen molar-refractivity contribution in [3.63, 3.8) is 0 Å². The number of nitrogens with one attached hydrogen (secondary N) is 1. The van der Waals surface area contributed by atoms with Crippen LogP contribution in [0, 0.1) is 0 Å². The highest BCUT2D eigenvalue weighted by atomic mass is 16.5. The summed E-state index contributed by atoms with van der Waals surface area (Å²) in [4.78, 5) is 27.0. The van der Waals surface area contributed by atoms with Gasteiger partial charge >= 0.3 is 0 Å². The number of ether oxygens (including phenoxy) is 1. The van der Waals surface area contributed by atoms with Gasteiger partial charge in [0.1, 0.15) is 17.5 Å². The molecule has 2 amide bonds. The lowest BCUT2D eigenvalue weighted by Gasteiger charge is -2.31. The molecule has 0 saturated carbocycles. The fraction of sp³-hybridized carbons (Fsp3) is 0.304. The second-order valence-corrected chi connectivity index (χ2v) is 7.59. The summed E-state index contributed by atoms with van der Waals surface area (Å²) in [6.45, 7) is 3.02. The van der Waals surface area contributed by atoms with Crippen LogP contribution in [0.25, 0.3) is 0 Å². The summed E-state index contributed by atoms with van der Waals surface area (Å²) in [6, 6.07) is 16.9. The van der Waals surface area contributed by atoms with E-state index in [2.05, 4.69) is 15.6 Å². The van der Waals surface area contributed by atoms with Crippen molar-refractivity contribution in [2.24, 2.45) is 0 Å². The molecule has 3 aromatic rings. The topological polar surface area (TPSA) is 89.3 Å². The molecule has 1 aromatic heterocycles. The van der Waals surface area contributed by atoms with Crippen molar-refractivity contribution in [1.29, 1.82) is 0 Å². The zero-order valence-corrected chi connectivity index (χ0v) is 17.6. The van der Waals surface area contributed by atoms with Crippen LogP contribution in [-0.2, 0) is 35.6 Å². The van der Waals surface area contributed by atoms with Gasteiger partial charge < -0.3 is 15.0 Å². The molecule has 160 valence electrons. The second-order valence-electron chi connectivity index (χ2n) is 7.59. The lowest BCUT2D eigenvalue weighted by Crippen LogP contribution is -2.41. The first-order valence-electron chi connectivity index (χ1n) is 10.2. The van der Waals surface area contributed by atoms with Crippen LogP contribution < -0.4 is 10.1 Å². The Balaban J connectivity index is 1.42. The third kappa shape index (κ3) is 4.58. The number of benzene rings is 2. The summed E-state index contributed by atoms with van der Waals surface area (Å²) >= 11 is 0. The largest absolute Gasteiger partial charge is 0.497 e. The summed E-state index contributed by atoms with van der Waals surface area (Å²) in [6.07, 6.45) is 0.246. The molecule has 0 bridgehead atoms. The summed E-state index contributed by atoms with van der Waals surface area (Å²) in [5.41, 5.74) is 3.47. The van der Waals surface area contributed by atoms with Crippen LogP contribution in [-0.4, -0.2) is 38.8 Å². The number of amides is 2. The minimum atomic E-state index is -0.429. The van der Waals surface area contributed by atoms with Crippen molar-refractivity contribution in [3.8, 4) is 5.75 Å². The maximum absolute atomic E-state index is 12.8. The van der Waals surface area contributed by atoms with Gasteiger partial charge in [0.2, 0.25) is 11.8 Å². The second kappa shape index (κ2) is 8.99. The zero-order chi connectivity index (χ0) is 21.8. The smallest absolute Gasteiger partial charge is 0.247 e. The number of nitrogens with zero attached hydrogens (tertiary/aromatic N) is 4. The van der Waals surface area contributed by atoms with Gasteiger partial charge in [-0.25, -0.2) is 4.68 Å². The number of hydrogen-bond acceptors (Lipinski definition) is 5. The van der Waals surface area contributed by atoms with E-state index in [-0.39, 0.29) is 24.8 Å². The summed E-state index contributed by atoms with van der Waals surface area (Å²) < 4.78 is 6.86. The maximum atomic E-state index is 12.8. The Morgan fingerprint density at radius 1 is 1.16 bits per heavy atom. The van der Waals surface area contributed by atoms with E-state index in [0.717, 1.165) is 22.6 Å². The Kier molecular flexibility index (Phi) is 5.97. The predicted molar refractivity (Wildman–Crippen MR) is 114 cm³/mol. The van der Waals surface area contributed by atoms with Gasteiger partial charge in [-0.05, 0) is 30.2 Å². The predicted octanol–water partition coefficient (Wildman–Crippen LogP) is 2.25. The van der Waals surface area contributed by atoms with Crippen LogP contribution in [0.15, 0.2) is 54.6 Å². The van der Waals surface area contributed by atoms with Gasteiger partial charge in [0.15, 0.2) is 0 Å². The number of methoxy groups -OCH3 is 1. The van der Waals surface area contributed by atoms with Crippen molar-refractivity contribution in [2.45, 2.75) is 39.0 Å². The van der Waals surface area contributed by atoms with Crippen LogP contribution in [0.5, 0.6) is 5.75 Å². The maximum Gasteiger partial charge on any atom is 0.247 e. The molecule has 1 aliphatic heterocycles. The average Bonchev–Trinajstić information content (AvgIpc) is 3.19. The highest BCUT2D eigenvalue weighted by Gasteiger charge is 2.33. The van der Waals surface area contributed by atoms with Gasteiger partial charge in [0.25, 0.3) is 0 Å². The van der Waals surface area contributed by atoms with Crippen molar-refractivity contribution in [2.75, 3.05) is 7.11 Å². The van der Waals surface area contributed by atoms with Gasteiger partial charge in [0, 0.05) is 6.54 Å². The van der Waals surface area contributed by atoms with Crippen molar-refractivity contribution in [3.05, 3.63) is 77.1 Å². The molecular formula is C23H25N5O3. The number of carbonyl (C=O) groups excluding carboxylic acids is 2. The standard InChI is InChI=1S/C23H25N5O3/c1-16-23(30)27(14-17-7-4-3-5-8-17)15-21-20(25-26-28(16)21)13-24-22(29)12-18-9-6-10-19(11-18)31-2/h3-11,16H,12-15H2,1-2H3,(H,24,29). The SMILES string of the molecule is COc1cccc(CC(=O)NCc2nnn3c2CN(Cc2ccccc2)C(=O)C3C)c1. The van der Waals surface area contributed by atoms with Gasteiger partial charge in [0.05, 0.1) is 32.3 Å². The van der Waals surface area contributed by atoms with Gasteiger partial charge in [-0.1, -0.05) is 47.7 Å². The van der Waals surface area contributed by atoms with Gasteiger partial charge in [-0.3, -0.25) is 9.59 Å². The lowest BCUT2D eigenvalue weighted by molar-refractivity contribution is -0.138. The molecular weight excluding hydrogens is 394 g/mol. The molecule has 0 radical (unpaired) electrons. The molecule has 1 unspecified atom stereocenters. The molecule has 1 aliphatic rings. The zero-order valence-electron chi connectivity index (χ0n) is 17.6. The van der Waals surface area contributed by atoms with E-state index in [1.54, 1.807) is 16.7 Å². The van der Waals surface area contributed by atoms with Crippen LogP contribution in [0.3, 0.4) is 0 Å². The molecule has 0 fully saturated rings. The molecule has 0 spiro atoms. The number of hydrogen-bond donors (Lipinski definition) is 1. The van der Waals surface area contributed by atoms with Crippen LogP contribution >= 0.6 is 0 Å². The first kappa shape index (κ1) is 20.6. The van der Waals surface area contributed by atoms with Gasteiger partial charge in [-0.15, -0.1) is 5.10 Å². The Bertz CT molecular complexity index is 1080. The molecule has 2 heterocycles. The molecule has 1 N–H and O–H groups in total. The number of fused-ring (bicyclic) bond motifs is 1. The molecule has 0 saturated heterocycles. The van der Waals surface area contributed by atoms with E-state index < -0.39 is 6.04 Å². The van der Waals surface area contributed by atoms with E-state index in [1.165, 1.54) is 0 Å². The Hall–Kier alpha value is -3.68. The summed E-state index contributed by atoms with van der Waals surface area (Å²) in [5, 5.41) is 11.3. The van der Waals surface area contributed by atoms with E-state index in [1.807, 2.05) is 61.5 Å². The quantitative estimate of drug-likeness (QED) is 0.635. The minimum absolute atomic E-state index is 0.00913. The molecule has 1 atom stereocenters. The molecule has 2 aromatic carbocycles. The average molecular weight is 419 g/mol. The van der Waals surface area contributed by atoms with Crippen LogP contribution in [0.2, 0.25) is 0 Å². The molecule has 4 rings (SSSR count). The van der Waals surface area contributed by atoms with Crippen molar-refractivity contribution >= 4 is 11.8 Å². The van der Waals surface area contributed by atoms with E-state index in [0.29, 0.717) is 18.8 Å². The first-order valence-corrected chi connectivity index (χ1v) is 10.2. The lowest BCUT2D eigenvalue weighted by atomic mass is 10.1. The van der Waals surface area contributed by atoms with Crippen molar-refractivity contribution in [1.82, 2.24) is 25.2 Å². The van der Waals surface area contributed by atoms with Crippen molar-refractivity contribution < 1.29 is 14.3 Å². The number of rotatable bonds is 7. The summed E-state index contributed by atoms with van der Waals surface area (Å²) in [7, 11) is 1.60. The third-order valence-electron chi connectivity index (χ3n) is 5.42. The van der Waals surface area contributed by atoms with E-state index in [9.17, 15) is 9.59 Å². The van der Waals surface area contributed by atoms with Crippen LogP contribution in [0.1, 0.15) is 35.5 Å². The minimum Gasteiger partial charge on any atom is -0.497 e. The van der Waals surface area contributed by atoms with Crippen LogP contribution in [0.4, 0.5) is 0 Å². The molecule has 31 heavy (non-hydrogen) atoms. The fourth-order valence-electron chi connectivity index (χ4n) is 3.74. The normalized spacial score (nSPS) is 15.5. The molecule has 8 nitrogen and oxygen atoms in total. The van der Waals surface area contributed by atoms with Gasteiger partial charge in [-0.2, -0.15) is 0 Å². The Morgan fingerprint density at radius 2 is 1.94 bits per heavy atom. The Labute approximate surface area is 180 Å². The molecule has 0 aliphatic carbocycles. The summed E-state index contributed by atoms with van der Waals surface area (Å²) in [5.74, 6) is 0.612. The Morgan fingerprint density at radius 3 is 2.71 bits per heavy atom. The highest BCUT2D eigenvalue weighted by Crippen LogP contribution is 2.24. The van der Waals surface area contributed by atoms with E-state index in [4.69, 9.17) is 4.74 Å². The number of carbonyl (C=O) groups is 2. The third-order valence-corrected chi connectivity index (χ3v) is 5.42.